The van der Waals surface area contributed by atoms with E-state index in [1.165, 1.54) is 6.07 Å². The van der Waals surface area contributed by atoms with Crippen molar-refractivity contribution in [2.24, 2.45) is 0 Å². The largest absolute Gasteiger partial charge is 0.486 e. The molecule has 0 fully saturated rings. The van der Waals surface area contributed by atoms with Crippen molar-refractivity contribution in [2.45, 2.75) is 20.1 Å². The third-order valence-electron chi connectivity index (χ3n) is 4.07. The van der Waals surface area contributed by atoms with Crippen LogP contribution in [0.4, 0.5) is 10.1 Å². The molecule has 3 rings (SSSR count). The first-order valence-corrected chi connectivity index (χ1v) is 9.41. The molecule has 0 amide bonds. The molecular formula is C21H17Cl3FNO. The van der Waals surface area contributed by atoms with Gasteiger partial charge in [0, 0.05) is 22.8 Å². The highest BCUT2D eigenvalue weighted by atomic mass is 35.5. The Morgan fingerprint density at radius 1 is 0.963 bits per heavy atom. The fraction of sp³-hybridized carbons (Fsp3) is 0.143. The van der Waals surface area contributed by atoms with Crippen LogP contribution in [-0.4, -0.2) is 0 Å². The average molecular weight is 425 g/mol. The monoisotopic (exact) mass is 423 g/mol. The number of aryl methyl sites for hydroxylation is 1. The van der Waals surface area contributed by atoms with Crippen LogP contribution in [0, 0.1) is 12.7 Å². The molecule has 0 aliphatic heterocycles. The van der Waals surface area contributed by atoms with Gasteiger partial charge in [-0.25, -0.2) is 4.39 Å². The minimum absolute atomic E-state index is 0.0470. The quantitative estimate of drug-likeness (QED) is 0.449. The standard InChI is InChI=1S/C21H17Cl3FNO/c1-13-6-7-16(22)10-20(13)26-11-14-8-17(23)21(18(24)9-14)27-12-15-4-2-3-5-19(15)25/h2-10,26H,11-12H2,1H3. The van der Waals surface area contributed by atoms with E-state index in [1.807, 2.05) is 25.1 Å². The van der Waals surface area contributed by atoms with Crippen LogP contribution in [0.2, 0.25) is 15.1 Å². The molecular weight excluding hydrogens is 408 g/mol. The molecule has 6 heteroatoms. The molecule has 0 atom stereocenters. The van der Waals surface area contributed by atoms with E-state index in [4.69, 9.17) is 39.5 Å². The van der Waals surface area contributed by atoms with E-state index in [0.29, 0.717) is 32.9 Å². The highest BCUT2D eigenvalue weighted by Crippen LogP contribution is 2.35. The Kier molecular flexibility index (Phi) is 6.48. The topological polar surface area (TPSA) is 21.3 Å². The molecule has 0 radical (unpaired) electrons. The highest BCUT2D eigenvalue weighted by molar-refractivity contribution is 6.37. The van der Waals surface area contributed by atoms with Crippen molar-refractivity contribution in [1.82, 2.24) is 0 Å². The second-order valence-electron chi connectivity index (χ2n) is 6.08. The number of anilines is 1. The van der Waals surface area contributed by atoms with Crippen molar-refractivity contribution >= 4 is 40.5 Å². The Labute approximate surface area is 172 Å². The van der Waals surface area contributed by atoms with Crippen molar-refractivity contribution in [3.05, 3.63) is 92.2 Å². The van der Waals surface area contributed by atoms with Crippen LogP contribution in [0.25, 0.3) is 0 Å². The molecule has 0 aromatic heterocycles. The predicted molar refractivity (Wildman–Crippen MR) is 111 cm³/mol. The first-order valence-electron chi connectivity index (χ1n) is 8.28. The second kappa shape index (κ2) is 8.83. The Morgan fingerprint density at radius 2 is 1.67 bits per heavy atom. The smallest absolute Gasteiger partial charge is 0.156 e. The Hall–Kier alpha value is -1.94. The van der Waals surface area contributed by atoms with Gasteiger partial charge in [0.05, 0.1) is 10.0 Å². The highest BCUT2D eigenvalue weighted by Gasteiger charge is 2.12. The van der Waals surface area contributed by atoms with E-state index >= 15 is 0 Å². The molecule has 0 bridgehead atoms. The average Bonchev–Trinajstić information content (AvgIpc) is 2.63. The zero-order chi connectivity index (χ0) is 19.4. The van der Waals surface area contributed by atoms with Gasteiger partial charge in [-0.2, -0.15) is 0 Å². The lowest BCUT2D eigenvalue weighted by molar-refractivity contribution is 0.300. The Bertz CT molecular complexity index is 939. The van der Waals surface area contributed by atoms with E-state index < -0.39 is 0 Å². The van der Waals surface area contributed by atoms with Gasteiger partial charge in [-0.3, -0.25) is 0 Å². The number of rotatable bonds is 6. The fourth-order valence-corrected chi connectivity index (χ4v) is 3.41. The molecule has 140 valence electrons. The number of benzene rings is 3. The Morgan fingerprint density at radius 3 is 2.37 bits per heavy atom. The van der Waals surface area contributed by atoms with Gasteiger partial charge >= 0.3 is 0 Å². The van der Waals surface area contributed by atoms with Gasteiger partial charge < -0.3 is 10.1 Å². The lowest BCUT2D eigenvalue weighted by Crippen LogP contribution is -2.03. The zero-order valence-electron chi connectivity index (χ0n) is 14.5. The normalized spacial score (nSPS) is 10.7. The molecule has 2 nitrogen and oxygen atoms in total. The summed E-state index contributed by atoms with van der Waals surface area (Å²) in [6.07, 6.45) is 0. The summed E-state index contributed by atoms with van der Waals surface area (Å²) < 4.78 is 19.4. The van der Waals surface area contributed by atoms with Gasteiger partial charge in [0.15, 0.2) is 5.75 Å². The molecule has 0 saturated heterocycles. The van der Waals surface area contributed by atoms with Crippen molar-refractivity contribution < 1.29 is 9.13 Å². The summed E-state index contributed by atoms with van der Waals surface area (Å²) in [6, 6.07) is 15.6. The summed E-state index contributed by atoms with van der Waals surface area (Å²) in [5, 5.41) is 4.73. The molecule has 3 aromatic rings. The lowest BCUT2D eigenvalue weighted by Gasteiger charge is -2.14. The minimum Gasteiger partial charge on any atom is -0.486 e. The maximum Gasteiger partial charge on any atom is 0.156 e. The zero-order valence-corrected chi connectivity index (χ0v) is 16.8. The molecule has 0 aliphatic rings. The number of hydrogen-bond acceptors (Lipinski definition) is 2. The van der Waals surface area contributed by atoms with Crippen LogP contribution < -0.4 is 10.1 Å². The van der Waals surface area contributed by atoms with Crippen LogP contribution >= 0.6 is 34.8 Å². The van der Waals surface area contributed by atoms with Crippen LogP contribution in [0.15, 0.2) is 54.6 Å². The first-order chi connectivity index (χ1) is 12.9. The summed E-state index contributed by atoms with van der Waals surface area (Å²) in [5.74, 6) is 0.00623. The van der Waals surface area contributed by atoms with E-state index in [9.17, 15) is 4.39 Å². The summed E-state index contributed by atoms with van der Waals surface area (Å²) in [5.41, 5.74) is 3.35. The molecule has 27 heavy (non-hydrogen) atoms. The molecule has 0 spiro atoms. The maximum absolute atomic E-state index is 13.7. The summed E-state index contributed by atoms with van der Waals surface area (Å²) in [7, 11) is 0. The van der Waals surface area contributed by atoms with E-state index in [1.54, 1.807) is 30.3 Å². The summed E-state index contributed by atoms with van der Waals surface area (Å²) in [6.45, 7) is 2.57. The van der Waals surface area contributed by atoms with Crippen molar-refractivity contribution in [3.8, 4) is 5.75 Å². The third-order valence-corrected chi connectivity index (χ3v) is 4.87. The fourth-order valence-electron chi connectivity index (χ4n) is 2.60. The Balaban J connectivity index is 1.71. The molecule has 0 aliphatic carbocycles. The van der Waals surface area contributed by atoms with Gasteiger partial charge in [0.2, 0.25) is 0 Å². The number of hydrogen-bond donors (Lipinski definition) is 1. The predicted octanol–water partition coefficient (Wildman–Crippen LogP) is 7.29. The van der Waals surface area contributed by atoms with Gasteiger partial charge in [0.1, 0.15) is 12.4 Å². The van der Waals surface area contributed by atoms with Crippen LogP contribution in [0.5, 0.6) is 5.75 Å². The van der Waals surface area contributed by atoms with Crippen molar-refractivity contribution in [2.75, 3.05) is 5.32 Å². The molecule has 0 unspecified atom stereocenters. The second-order valence-corrected chi connectivity index (χ2v) is 7.33. The molecule has 1 N–H and O–H groups in total. The first kappa shape index (κ1) is 19.8. The van der Waals surface area contributed by atoms with E-state index in [2.05, 4.69) is 5.32 Å². The van der Waals surface area contributed by atoms with Gasteiger partial charge in [0.25, 0.3) is 0 Å². The van der Waals surface area contributed by atoms with Crippen molar-refractivity contribution in [3.63, 3.8) is 0 Å². The van der Waals surface area contributed by atoms with E-state index in [0.717, 1.165) is 16.8 Å². The summed E-state index contributed by atoms with van der Waals surface area (Å²) >= 11 is 18.7. The lowest BCUT2D eigenvalue weighted by atomic mass is 10.1. The van der Waals surface area contributed by atoms with E-state index in [-0.39, 0.29) is 12.4 Å². The molecule has 3 aromatic carbocycles. The summed E-state index contributed by atoms with van der Waals surface area (Å²) in [4.78, 5) is 0. The van der Waals surface area contributed by atoms with Crippen LogP contribution in [-0.2, 0) is 13.2 Å². The van der Waals surface area contributed by atoms with Crippen molar-refractivity contribution in [1.29, 1.82) is 0 Å². The maximum atomic E-state index is 13.7. The number of nitrogens with one attached hydrogen (secondary N) is 1. The van der Waals surface area contributed by atoms with Gasteiger partial charge in [-0.05, 0) is 48.4 Å². The number of halogens is 4. The molecule has 0 saturated carbocycles. The van der Waals surface area contributed by atoms with Gasteiger partial charge in [-0.1, -0.05) is 59.1 Å². The van der Waals surface area contributed by atoms with Crippen LogP contribution in [0.1, 0.15) is 16.7 Å². The number of ether oxygens (including phenoxy) is 1. The van der Waals surface area contributed by atoms with Gasteiger partial charge in [-0.15, -0.1) is 0 Å². The SMILES string of the molecule is Cc1ccc(Cl)cc1NCc1cc(Cl)c(OCc2ccccc2F)c(Cl)c1. The third kappa shape index (κ3) is 5.07. The molecule has 0 heterocycles. The minimum atomic E-state index is -0.331. The van der Waals surface area contributed by atoms with Crippen LogP contribution in [0.3, 0.4) is 0 Å².